The summed E-state index contributed by atoms with van der Waals surface area (Å²) in [5.74, 6) is 2.05. The Labute approximate surface area is 183 Å². The Morgan fingerprint density at radius 3 is 2.00 bits per heavy atom. The summed E-state index contributed by atoms with van der Waals surface area (Å²) in [4.78, 5) is 0. The lowest BCUT2D eigenvalue weighted by molar-refractivity contribution is 0.270. The van der Waals surface area contributed by atoms with E-state index in [0.29, 0.717) is 11.8 Å². The first-order valence-corrected chi connectivity index (χ1v) is 11.2. The number of rotatable bonds is 8. The molecule has 3 aromatic carbocycles. The fourth-order valence-electron chi connectivity index (χ4n) is 4.08. The number of hydrogen-bond acceptors (Lipinski definition) is 1. The maximum Gasteiger partial charge on any atom is 0.119 e. The molecule has 0 aliphatic carbocycles. The van der Waals surface area contributed by atoms with Gasteiger partial charge in [-0.15, -0.1) is 0 Å². The minimum absolute atomic E-state index is 0.527. The van der Waals surface area contributed by atoms with Gasteiger partial charge in [0, 0.05) is 0 Å². The van der Waals surface area contributed by atoms with Crippen molar-refractivity contribution < 1.29 is 4.74 Å². The molecule has 3 aromatic rings. The third-order valence-corrected chi connectivity index (χ3v) is 5.70. The first-order chi connectivity index (χ1) is 14.3. The summed E-state index contributed by atoms with van der Waals surface area (Å²) in [6, 6.07) is 22.2. The maximum absolute atomic E-state index is 5.96. The lowest BCUT2D eigenvalue weighted by Crippen LogP contribution is -2.06. The van der Waals surface area contributed by atoms with Gasteiger partial charge in [-0.1, -0.05) is 76.2 Å². The third-order valence-electron chi connectivity index (χ3n) is 5.70. The molecule has 0 aliphatic heterocycles. The summed E-state index contributed by atoms with van der Waals surface area (Å²) in [5.41, 5.74) is 9.68. The number of benzene rings is 3. The number of hydrogen-bond donors (Lipinski definition) is 0. The van der Waals surface area contributed by atoms with Crippen molar-refractivity contribution in [1.29, 1.82) is 0 Å². The van der Waals surface area contributed by atoms with Gasteiger partial charge in [0.1, 0.15) is 5.75 Å². The molecular formula is C29H36O. The van der Waals surface area contributed by atoms with E-state index >= 15 is 0 Å². The molecule has 0 spiro atoms. The van der Waals surface area contributed by atoms with Crippen molar-refractivity contribution in [2.24, 2.45) is 5.92 Å². The van der Waals surface area contributed by atoms with Crippen LogP contribution in [0.25, 0.3) is 0 Å². The lowest BCUT2D eigenvalue weighted by atomic mass is 9.89. The molecule has 0 fully saturated rings. The molecule has 3 rings (SSSR count). The van der Waals surface area contributed by atoms with Crippen LogP contribution in [0.5, 0.6) is 5.75 Å². The smallest absolute Gasteiger partial charge is 0.119 e. The predicted octanol–water partition coefficient (Wildman–Crippen LogP) is 7.64. The molecule has 0 unspecified atom stereocenters. The first kappa shape index (κ1) is 22.2. The molecule has 30 heavy (non-hydrogen) atoms. The molecule has 158 valence electrons. The van der Waals surface area contributed by atoms with Crippen LogP contribution in [0.4, 0.5) is 0 Å². The van der Waals surface area contributed by atoms with E-state index in [-0.39, 0.29) is 0 Å². The summed E-state index contributed by atoms with van der Waals surface area (Å²) >= 11 is 0. The largest absolute Gasteiger partial charge is 0.493 e. The Morgan fingerprint density at radius 2 is 1.40 bits per heavy atom. The topological polar surface area (TPSA) is 9.23 Å². The van der Waals surface area contributed by atoms with Crippen LogP contribution in [-0.4, -0.2) is 6.61 Å². The summed E-state index contributed by atoms with van der Waals surface area (Å²) < 4.78 is 5.96. The second-order valence-electron chi connectivity index (χ2n) is 9.27. The van der Waals surface area contributed by atoms with Crippen molar-refractivity contribution in [3.8, 4) is 5.75 Å². The molecule has 0 radical (unpaired) electrons. The normalized spacial score (nSPS) is 11.3. The molecule has 0 saturated carbocycles. The van der Waals surface area contributed by atoms with Gasteiger partial charge in [-0.05, 0) is 89.6 Å². The van der Waals surface area contributed by atoms with Gasteiger partial charge in [0.25, 0.3) is 0 Å². The molecule has 1 nitrogen and oxygen atoms in total. The monoisotopic (exact) mass is 400 g/mol. The van der Waals surface area contributed by atoms with Gasteiger partial charge in [0.2, 0.25) is 0 Å². The zero-order valence-electron chi connectivity index (χ0n) is 19.5. The molecular weight excluding hydrogens is 364 g/mol. The molecule has 0 amide bonds. The zero-order chi connectivity index (χ0) is 21.7. The van der Waals surface area contributed by atoms with E-state index in [4.69, 9.17) is 4.74 Å². The van der Waals surface area contributed by atoms with Crippen molar-refractivity contribution in [2.45, 2.75) is 60.3 Å². The minimum Gasteiger partial charge on any atom is -0.493 e. The first-order valence-electron chi connectivity index (χ1n) is 11.2. The SMILES string of the molecule is Cc1cc(OCC(C)C)cc(C)c1Cc1ccc(C(C)C)c(Cc2ccccc2)c1. The molecule has 0 heterocycles. The van der Waals surface area contributed by atoms with Crippen LogP contribution in [0.2, 0.25) is 0 Å². The van der Waals surface area contributed by atoms with Gasteiger partial charge in [-0.25, -0.2) is 0 Å². The van der Waals surface area contributed by atoms with Gasteiger partial charge in [0.15, 0.2) is 0 Å². The van der Waals surface area contributed by atoms with E-state index < -0.39 is 0 Å². The number of ether oxygens (including phenoxy) is 1. The molecule has 0 aromatic heterocycles. The summed E-state index contributed by atoms with van der Waals surface area (Å²) in [6.45, 7) is 14.1. The van der Waals surface area contributed by atoms with Crippen LogP contribution >= 0.6 is 0 Å². The fraction of sp³-hybridized carbons (Fsp3) is 0.379. The van der Waals surface area contributed by atoms with Crippen molar-refractivity contribution in [3.63, 3.8) is 0 Å². The van der Waals surface area contributed by atoms with Gasteiger partial charge in [-0.2, -0.15) is 0 Å². The highest BCUT2D eigenvalue weighted by molar-refractivity contribution is 5.45. The van der Waals surface area contributed by atoms with Crippen LogP contribution in [-0.2, 0) is 12.8 Å². The maximum atomic E-state index is 5.96. The predicted molar refractivity (Wildman–Crippen MR) is 129 cm³/mol. The Hall–Kier alpha value is -2.54. The van der Waals surface area contributed by atoms with Crippen LogP contribution < -0.4 is 4.74 Å². The van der Waals surface area contributed by atoms with Gasteiger partial charge in [-0.3, -0.25) is 0 Å². The molecule has 0 aliphatic rings. The van der Waals surface area contributed by atoms with Crippen LogP contribution in [0.3, 0.4) is 0 Å². The zero-order valence-corrected chi connectivity index (χ0v) is 19.5. The van der Waals surface area contributed by atoms with E-state index in [0.717, 1.165) is 25.2 Å². The lowest BCUT2D eigenvalue weighted by Gasteiger charge is -2.17. The highest BCUT2D eigenvalue weighted by Gasteiger charge is 2.12. The van der Waals surface area contributed by atoms with Crippen LogP contribution in [0.15, 0.2) is 60.7 Å². The van der Waals surface area contributed by atoms with Crippen molar-refractivity contribution in [1.82, 2.24) is 0 Å². The average Bonchev–Trinajstić information content (AvgIpc) is 2.70. The highest BCUT2D eigenvalue weighted by atomic mass is 16.5. The van der Waals surface area contributed by atoms with E-state index in [9.17, 15) is 0 Å². The number of aryl methyl sites for hydroxylation is 2. The van der Waals surface area contributed by atoms with Gasteiger partial charge in [0.05, 0.1) is 6.61 Å². The standard InChI is InChI=1S/C29H36O/c1-20(2)19-30-27-14-22(5)29(23(6)15-27)18-25-12-13-28(21(3)4)26(17-25)16-24-10-8-7-9-11-24/h7-15,17,20-21H,16,18-19H2,1-6H3. The van der Waals surface area contributed by atoms with E-state index in [2.05, 4.69) is 102 Å². The average molecular weight is 401 g/mol. The van der Waals surface area contributed by atoms with Gasteiger partial charge < -0.3 is 4.74 Å². The third kappa shape index (κ3) is 5.75. The molecule has 0 bridgehead atoms. The Balaban J connectivity index is 1.87. The van der Waals surface area contributed by atoms with Crippen LogP contribution in [0.1, 0.15) is 72.6 Å². The van der Waals surface area contributed by atoms with Crippen LogP contribution in [0, 0.1) is 19.8 Å². The van der Waals surface area contributed by atoms with E-state index in [1.54, 1.807) is 0 Å². The quantitative estimate of drug-likeness (QED) is 0.377. The second-order valence-corrected chi connectivity index (χ2v) is 9.27. The van der Waals surface area contributed by atoms with Crippen molar-refractivity contribution in [3.05, 3.63) is 99.6 Å². The molecule has 0 atom stereocenters. The Bertz CT molecular complexity index is 944. The highest BCUT2D eigenvalue weighted by Crippen LogP contribution is 2.28. The van der Waals surface area contributed by atoms with Crippen molar-refractivity contribution in [2.75, 3.05) is 6.61 Å². The fourth-order valence-corrected chi connectivity index (χ4v) is 4.08. The summed E-state index contributed by atoms with van der Waals surface area (Å²) in [7, 11) is 0. The van der Waals surface area contributed by atoms with Gasteiger partial charge >= 0.3 is 0 Å². The minimum atomic E-state index is 0.527. The van der Waals surface area contributed by atoms with E-state index in [1.807, 2.05) is 0 Å². The van der Waals surface area contributed by atoms with Crippen molar-refractivity contribution >= 4 is 0 Å². The Kier molecular flexibility index (Phi) is 7.37. The Morgan fingerprint density at radius 1 is 0.733 bits per heavy atom. The molecule has 1 heteroatoms. The second kappa shape index (κ2) is 9.98. The molecule has 0 saturated heterocycles. The summed E-state index contributed by atoms with van der Waals surface area (Å²) in [5, 5.41) is 0. The van der Waals surface area contributed by atoms with E-state index in [1.165, 1.54) is 38.9 Å². The summed E-state index contributed by atoms with van der Waals surface area (Å²) in [6.07, 6.45) is 1.95. The molecule has 0 N–H and O–H groups in total.